The molecule has 5 heteroatoms. The lowest BCUT2D eigenvalue weighted by Gasteiger charge is -2.35. The largest absolute Gasteiger partial charge is 0.366 e. The Balaban J connectivity index is 1.52. The van der Waals surface area contributed by atoms with Crippen molar-refractivity contribution in [3.8, 4) is 0 Å². The molecule has 2 aromatic carbocycles. The van der Waals surface area contributed by atoms with Crippen LogP contribution in [-0.2, 0) is 11.2 Å². The Morgan fingerprint density at radius 1 is 1.04 bits per heavy atom. The minimum atomic E-state index is -0.536. The zero-order chi connectivity index (χ0) is 18.8. The molecular formula is C22H25N3O2. The molecule has 0 aromatic heterocycles. The molecule has 2 aliphatic carbocycles. The van der Waals surface area contributed by atoms with Gasteiger partial charge in [0.15, 0.2) is 0 Å². The highest BCUT2D eigenvalue weighted by atomic mass is 16.2. The van der Waals surface area contributed by atoms with Crippen molar-refractivity contribution in [3.05, 3.63) is 65.2 Å². The number of para-hydroxylation sites is 1. The summed E-state index contributed by atoms with van der Waals surface area (Å²) >= 11 is 0. The summed E-state index contributed by atoms with van der Waals surface area (Å²) < 4.78 is 0. The molecule has 3 N–H and O–H groups in total. The predicted molar refractivity (Wildman–Crippen MR) is 105 cm³/mol. The number of nitrogens with zero attached hydrogens (tertiary/aromatic N) is 1. The van der Waals surface area contributed by atoms with E-state index in [9.17, 15) is 9.59 Å². The number of carbonyl (C=O) groups excluding carboxylic acids is 2. The Morgan fingerprint density at radius 3 is 2.56 bits per heavy atom. The highest BCUT2D eigenvalue weighted by Crippen LogP contribution is 2.40. The predicted octanol–water partition coefficient (Wildman–Crippen LogP) is 3.27. The number of aryl methyl sites for hydroxylation is 1. The lowest BCUT2D eigenvalue weighted by Crippen LogP contribution is -2.39. The number of hydrogen-bond acceptors (Lipinski definition) is 3. The van der Waals surface area contributed by atoms with Crippen LogP contribution in [0.4, 0.5) is 5.69 Å². The first-order valence-electron chi connectivity index (χ1n) is 9.65. The first kappa shape index (κ1) is 17.7. The molecule has 4 rings (SSSR count). The number of carbonyl (C=O) groups is 2. The second-order valence-electron chi connectivity index (χ2n) is 7.47. The molecule has 0 spiro atoms. The van der Waals surface area contributed by atoms with Crippen molar-refractivity contribution in [2.45, 2.75) is 44.2 Å². The molecule has 0 radical (unpaired) electrons. The highest BCUT2D eigenvalue weighted by molar-refractivity contribution is 6.03. The number of benzene rings is 2. The SMILES string of the molecule is NC(=O)c1ccccc1NC(=O)CN(C1CC1)C1CCCc2ccccc21. The smallest absolute Gasteiger partial charge is 0.250 e. The number of hydrogen-bond donors (Lipinski definition) is 2. The molecule has 1 fully saturated rings. The summed E-state index contributed by atoms with van der Waals surface area (Å²) in [6, 6.07) is 16.2. The van der Waals surface area contributed by atoms with Gasteiger partial charge in [-0.2, -0.15) is 0 Å². The van der Waals surface area contributed by atoms with E-state index in [1.165, 1.54) is 11.1 Å². The quantitative estimate of drug-likeness (QED) is 0.827. The standard InChI is InChI=1S/C22H25N3O2/c23-22(27)18-9-3-4-10-19(18)24-21(26)14-25(16-12-13-16)20-11-5-7-15-6-1-2-8-17(15)20/h1-4,6,8-10,16,20H,5,7,11-14H2,(H2,23,27)(H,24,26). The molecule has 1 unspecified atom stereocenters. The average molecular weight is 363 g/mol. The maximum atomic E-state index is 12.8. The van der Waals surface area contributed by atoms with Crippen molar-refractivity contribution in [1.82, 2.24) is 4.90 Å². The van der Waals surface area contributed by atoms with E-state index in [0.29, 0.717) is 29.9 Å². The van der Waals surface area contributed by atoms with Gasteiger partial charge in [-0.05, 0) is 55.4 Å². The van der Waals surface area contributed by atoms with Crippen LogP contribution in [-0.4, -0.2) is 29.3 Å². The summed E-state index contributed by atoms with van der Waals surface area (Å²) in [4.78, 5) is 26.7. The molecule has 0 bridgehead atoms. The van der Waals surface area contributed by atoms with E-state index in [0.717, 1.165) is 32.1 Å². The van der Waals surface area contributed by atoms with Gasteiger partial charge in [0, 0.05) is 12.1 Å². The fourth-order valence-electron chi connectivity index (χ4n) is 4.14. The minimum Gasteiger partial charge on any atom is -0.366 e. The van der Waals surface area contributed by atoms with Crippen LogP contribution in [0, 0.1) is 0 Å². The summed E-state index contributed by atoms with van der Waals surface area (Å²) in [5.74, 6) is -0.634. The van der Waals surface area contributed by atoms with E-state index in [1.54, 1.807) is 24.3 Å². The summed E-state index contributed by atoms with van der Waals surface area (Å²) in [5, 5.41) is 2.89. The molecule has 140 valence electrons. The Labute approximate surface area is 159 Å². The molecule has 0 saturated heterocycles. The van der Waals surface area contributed by atoms with Crippen molar-refractivity contribution in [3.63, 3.8) is 0 Å². The van der Waals surface area contributed by atoms with E-state index in [2.05, 4.69) is 34.5 Å². The highest BCUT2D eigenvalue weighted by Gasteiger charge is 2.37. The Morgan fingerprint density at radius 2 is 1.78 bits per heavy atom. The fourth-order valence-corrected chi connectivity index (χ4v) is 4.14. The number of amides is 2. The van der Waals surface area contributed by atoms with Crippen molar-refractivity contribution >= 4 is 17.5 Å². The summed E-state index contributed by atoms with van der Waals surface area (Å²) in [5.41, 5.74) is 9.00. The van der Waals surface area contributed by atoms with Crippen molar-refractivity contribution in [2.24, 2.45) is 5.73 Å². The molecule has 1 atom stereocenters. The second-order valence-corrected chi connectivity index (χ2v) is 7.47. The van der Waals surface area contributed by atoms with Crippen LogP contribution in [0.2, 0.25) is 0 Å². The van der Waals surface area contributed by atoms with Crippen LogP contribution in [0.3, 0.4) is 0 Å². The first-order valence-corrected chi connectivity index (χ1v) is 9.65. The van der Waals surface area contributed by atoms with Gasteiger partial charge in [-0.25, -0.2) is 0 Å². The molecule has 0 heterocycles. The van der Waals surface area contributed by atoms with E-state index in [4.69, 9.17) is 5.73 Å². The van der Waals surface area contributed by atoms with Gasteiger partial charge in [0.1, 0.15) is 0 Å². The molecule has 1 saturated carbocycles. The summed E-state index contributed by atoms with van der Waals surface area (Å²) in [6.07, 6.45) is 5.63. The van der Waals surface area contributed by atoms with E-state index < -0.39 is 5.91 Å². The van der Waals surface area contributed by atoms with E-state index >= 15 is 0 Å². The monoisotopic (exact) mass is 363 g/mol. The van der Waals surface area contributed by atoms with Crippen LogP contribution in [0.25, 0.3) is 0 Å². The van der Waals surface area contributed by atoms with Crippen LogP contribution in [0.5, 0.6) is 0 Å². The van der Waals surface area contributed by atoms with Crippen molar-refractivity contribution in [2.75, 3.05) is 11.9 Å². The Kier molecular flexibility index (Phi) is 4.94. The zero-order valence-electron chi connectivity index (χ0n) is 15.4. The van der Waals surface area contributed by atoms with Gasteiger partial charge in [-0.3, -0.25) is 14.5 Å². The first-order chi connectivity index (χ1) is 13.1. The third-order valence-electron chi connectivity index (χ3n) is 5.55. The van der Waals surface area contributed by atoms with Gasteiger partial charge in [0.25, 0.3) is 5.91 Å². The summed E-state index contributed by atoms with van der Waals surface area (Å²) in [7, 11) is 0. The Bertz CT molecular complexity index is 860. The van der Waals surface area contributed by atoms with E-state index in [1.807, 2.05) is 0 Å². The van der Waals surface area contributed by atoms with E-state index in [-0.39, 0.29) is 5.91 Å². The fraction of sp³-hybridized carbons (Fsp3) is 0.364. The van der Waals surface area contributed by atoms with Gasteiger partial charge in [-0.1, -0.05) is 36.4 Å². The van der Waals surface area contributed by atoms with Crippen molar-refractivity contribution in [1.29, 1.82) is 0 Å². The van der Waals surface area contributed by atoms with Gasteiger partial charge in [0.2, 0.25) is 5.91 Å². The molecule has 2 amide bonds. The Hall–Kier alpha value is -2.66. The number of primary amides is 1. The van der Waals surface area contributed by atoms with Gasteiger partial charge < -0.3 is 11.1 Å². The number of rotatable bonds is 6. The summed E-state index contributed by atoms with van der Waals surface area (Å²) in [6.45, 7) is 0.330. The third kappa shape index (κ3) is 3.88. The minimum absolute atomic E-state index is 0.0985. The maximum Gasteiger partial charge on any atom is 0.250 e. The van der Waals surface area contributed by atoms with Crippen molar-refractivity contribution < 1.29 is 9.59 Å². The van der Waals surface area contributed by atoms with Gasteiger partial charge in [0.05, 0.1) is 17.8 Å². The zero-order valence-corrected chi connectivity index (χ0v) is 15.4. The van der Waals surface area contributed by atoms with Gasteiger partial charge >= 0.3 is 0 Å². The normalized spacial score (nSPS) is 18.8. The second kappa shape index (κ2) is 7.53. The molecule has 5 nitrogen and oxygen atoms in total. The van der Waals surface area contributed by atoms with Crippen LogP contribution in [0.1, 0.15) is 53.2 Å². The maximum absolute atomic E-state index is 12.8. The number of fused-ring (bicyclic) bond motifs is 1. The number of nitrogens with one attached hydrogen (secondary N) is 1. The average Bonchev–Trinajstić information content (AvgIpc) is 3.51. The topological polar surface area (TPSA) is 75.4 Å². The lowest BCUT2D eigenvalue weighted by atomic mass is 9.86. The van der Waals surface area contributed by atoms with Crippen LogP contribution in [0.15, 0.2) is 48.5 Å². The molecular weight excluding hydrogens is 338 g/mol. The third-order valence-corrected chi connectivity index (χ3v) is 5.55. The number of anilines is 1. The molecule has 0 aliphatic heterocycles. The molecule has 2 aromatic rings. The number of nitrogens with two attached hydrogens (primary N) is 1. The molecule has 27 heavy (non-hydrogen) atoms. The van der Waals surface area contributed by atoms with Gasteiger partial charge in [-0.15, -0.1) is 0 Å². The lowest BCUT2D eigenvalue weighted by molar-refractivity contribution is -0.118. The van der Waals surface area contributed by atoms with Crippen LogP contribution >= 0.6 is 0 Å². The van der Waals surface area contributed by atoms with Crippen LogP contribution < -0.4 is 11.1 Å². The molecule has 2 aliphatic rings.